The molecule has 1 aromatic carbocycles. The molecule has 0 unspecified atom stereocenters. The van der Waals surface area contributed by atoms with Crippen LogP contribution in [0.5, 0.6) is 5.75 Å². The van der Waals surface area contributed by atoms with Gasteiger partial charge in [-0.05, 0) is 22.0 Å². The van der Waals surface area contributed by atoms with Crippen LogP contribution >= 0.6 is 15.9 Å². The minimum Gasteiger partial charge on any atom is -0.495 e. The lowest BCUT2D eigenvalue weighted by Crippen LogP contribution is -2.33. The number of amides is 2. The molecule has 0 saturated carbocycles. The standard InChI is InChI=1S/C14H17BrN2O6/c1-17(5-4-12(18)19)14(21)16-10-7-11(22-2)9(15)6-8(10)13(20)23-3/h6-7H,4-5H2,1-3H3,(H,16,21)(H,18,19). The number of hydrogen-bond acceptors (Lipinski definition) is 5. The Morgan fingerprint density at radius 2 is 1.96 bits per heavy atom. The maximum atomic E-state index is 12.1. The van der Waals surface area contributed by atoms with E-state index in [4.69, 9.17) is 9.84 Å². The Hall–Kier alpha value is -2.29. The molecule has 2 N–H and O–H groups in total. The third-order valence-electron chi connectivity index (χ3n) is 2.95. The van der Waals surface area contributed by atoms with Crippen molar-refractivity contribution in [1.82, 2.24) is 4.90 Å². The van der Waals surface area contributed by atoms with E-state index in [-0.39, 0.29) is 24.2 Å². The molecule has 0 fully saturated rings. The van der Waals surface area contributed by atoms with E-state index in [1.807, 2.05) is 0 Å². The van der Waals surface area contributed by atoms with E-state index in [1.165, 1.54) is 38.3 Å². The third kappa shape index (κ3) is 5.13. The van der Waals surface area contributed by atoms with Crippen LogP contribution in [0.3, 0.4) is 0 Å². The number of nitrogens with one attached hydrogen (secondary N) is 1. The summed E-state index contributed by atoms with van der Waals surface area (Å²) in [6, 6.07) is 2.39. The zero-order valence-electron chi connectivity index (χ0n) is 12.9. The van der Waals surface area contributed by atoms with Gasteiger partial charge in [0.2, 0.25) is 0 Å². The van der Waals surface area contributed by atoms with E-state index in [1.54, 1.807) is 0 Å². The van der Waals surface area contributed by atoms with Crippen molar-refractivity contribution in [2.75, 3.05) is 33.1 Å². The molecular weight excluding hydrogens is 372 g/mol. The monoisotopic (exact) mass is 388 g/mol. The highest BCUT2D eigenvalue weighted by Gasteiger charge is 2.19. The average Bonchev–Trinajstić information content (AvgIpc) is 2.52. The Labute approximate surface area is 141 Å². The first-order valence-electron chi connectivity index (χ1n) is 6.50. The van der Waals surface area contributed by atoms with Crippen LogP contribution in [-0.2, 0) is 9.53 Å². The van der Waals surface area contributed by atoms with E-state index in [9.17, 15) is 14.4 Å². The number of methoxy groups -OCH3 is 2. The van der Waals surface area contributed by atoms with Gasteiger partial charge in [0.25, 0.3) is 0 Å². The summed E-state index contributed by atoms with van der Waals surface area (Å²) in [6.07, 6.45) is -0.183. The lowest BCUT2D eigenvalue weighted by molar-refractivity contribution is -0.137. The first-order chi connectivity index (χ1) is 10.8. The molecule has 0 radical (unpaired) electrons. The van der Waals surface area contributed by atoms with E-state index in [0.717, 1.165) is 0 Å². The molecule has 0 aliphatic carbocycles. The Bertz CT molecular complexity index is 620. The van der Waals surface area contributed by atoms with Crippen molar-refractivity contribution in [3.63, 3.8) is 0 Å². The number of urea groups is 1. The first-order valence-corrected chi connectivity index (χ1v) is 7.29. The number of aliphatic carboxylic acids is 1. The molecule has 0 atom stereocenters. The van der Waals surface area contributed by atoms with Crippen LogP contribution in [0.4, 0.5) is 10.5 Å². The second-order valence-corrected chi connectivity index (χ2v) is 5.37. The highest BCUT2D eigenvalue weighted by Crippen LogP contribution is 2.32. The second-order valence-electron chi connectivity index (χ2n) is 4.52. The number of esters is 1. The topological polar surface area (TPSA) is 105 Å². The second kappa shape index (κ2) is 8.37. The van der Waals surface area contributed by atoms with Crippen molar-refractivity contribution < 1.29 is 29.0 Å². The van der Waals surface area contributed by atoms with Crippen LogP contribution in [0.25, 0.3) is 0 Å². The average molecular weight is 389 g/mol. The molecule has 0 saturated heterocycles. The van der Waals surface area contributed by atoms with Gasteiger partial charge in [-0.1, -0.05) is 0 Å². The van der Waals surface area contributed by atoms with Gasteiger partial charge in [0.05, 0.1) is 36.4 Å². The van der Waals surface area contributed by atoms with Crippen molar-refractivity contribution in [2.45, 2.75) is 6.42 Å². The summed E-state index contributed by atoms with van der Waals surface area (Å²) in [5, 5.41) is 11.2. The SMILES string of the molecule is COC(=O)c1cc(Br)c(OC)cc1NC(=O)N(C)CCC(=O)O. The Morgan fingerprint density at radius 3 is 2.48 bits per heavy atom. The predicted molar refractivity (Wildman–Crippen MR) is 85.9 cm³/mol. The van der Waals surface area contributed by atoms with Gasteiger partial charge >= 0.3 is 18.0 Å². The smallest absolute Gasteiger partial charge is 0.340 e. The minimum atomic E-state index is -1.01. The number of carbonyl (C=O) groups excluding carboxylic acids is 2. The number of ether oxygens (including phenoxy) is 2. The van der Waals surface area contributed by atoms with Crippen LogP contribution in [0.2, 0.25) is 0 Å². The zero-order valence-corrected chi connectivity index (χ0v) is 14.5. The van der Waals surface area contributed by atoms with Gasteiger partial charge in [-0.15, -0.1) is 0 Å². The van der Waals surface area contributed by atoms with Crippen LogP contribution in [-0.4, -0.2) is 55.8 Å². The molecule has 1 rings (SSSR count). The van der Waals surface area contributed by atoms with Gasteiger partial charge in [-0.25, -0.2) is 9.59 Å². The van der Waals surface area contributed by atoms with Gasteiger partial charge in [0, 0.05) is 19.7 Å². The maximum Gasteiger partial charge on any atom is 0.340 e. The lowest BCUT2D eigenvalue weighted by atomic mass is 10.1. The number of nitrogens with zero attached hydrogens (tertiary/aromatic N) is 1. The maximum absolute atomic E-state index is 12.1. The lowest BCUT2D eigenvalue weighted by Gasteiger charge is -2.19. The minimum absolute atomic E-state index is 0.0301. The predicted octanol–water partition coefficient (Wildman–Crippen LogP) is 2.18. The summed E-state index contributed by atoms with van der Waals surface area (Å²) >= 11 is 3.25. The van der Waals surface area contributed by atoms with Gasteiger partial charge in [-0.2, -0.15) is 0 Å². The van der Waals surface area contributed by atoms with Crippen LogP contribution in [0.15, 0.2) is 16.6 Å². The van der Waals surface area contributed by atoms with Crippen molar-refractivity contribution in [3.05, 3.63) is 22.2 Å². The molecule has 0 aromatic heterocycles. The van der Waals surface area contributed by atoms with Crippen molar-refractivity contribution >= 4 is 39.6 Å². The van der Waals surface area contributed by atoms with Gasteiger partial charge < -0.3 is 24.8 Å². The summed E-state index contributed by atoms with van der Waals surface area (Å²) in [6.45, 7) is 0.0301. The number of carboxylic acid groups (broad SMARTS) is 1. The molecule has 8 nitrogen and oxygen atoms in total. The fraction of sp³-hybridized carbons (Fsp3) is 0.357. The summed E-state index contributed by atoms with van der Waals surface area (Å²) < 4.78 is 10.3. The summed E-state index contributed by atoms with van der Waals surface area (Å²) in [4.78, 5) is 35.7. The fourth-order valence-electron chi connectivity index (χ4n) is 1.67. The molecule has 2 amide bonds. The Morgan fingerprint density at radius 1 is 1.30 bits per heavy atom. The quantitative estimate of drug-likeness (QED) is 0.723. The highest BCUT2D eigenvalue weighted by molar-refractivity contribution is 9.10. The number of benzene rings is 1. The normalized spacial score (nSPS) is 9.91. The fourth-order valence-corrected chi connectivity index (χ4v) is 2.17. The Balaban J connectivity index is 3.03. The van der Waals surface area contributed by atoms with Crippen LogP contribution in [0.1, 0.15) is 16.8 Å². The molecule has 0 aliphatic heterocycles. The van der Waals surface area contributed by atoms with Crippen molar-refractivity contribution in [3.8, 4) is 5.75 Å². The van der Waals surface area contributed by atoms with E-state index in [0.29, 0.717) is 10.2 Å². The van der Waals surface area contributed by atoms with Crippen LogP contribution in [0, 0.1) is 0 Å². The van der Waals surface area contributed by atoms with E-state index >= 15 is 0 Å². The summed E-state index contributed by atoms with van der Waals surface area (Å²) in [5.41, 5.74) is 0.337. The molecule has 0 bridgehead atoms. The molecule has 1 aromatic rings. The molecular formula is C14H17BrN2O6. The number of carboxylic acids is 1. The largest absolute Gasteiger partial charge is 0.495 e. The molecule has 0 heterocycles. The molecule has 23 heavy (non-hydrogen) atoms. The van der Waals surface area contributed by atoms with E-state index < -0.39 is 18.0 Å². The number of halogens is 1. The Kier molecular flexibility index (Phi) is 6.83. The molecule has 9 heteroatoms. The number of anilines is 1. The van der Waals surface area contributed by atoms with Gasteiger partial charge in [-0.3, -0.25) is 4.79 Å². The third-order valence-corrected chi connectivity index (χ3v) is 3.57. The van der Waals surface area contributed by atoms with Crippen molar-refractivity contribution in [1.29, 1.82) is 0 Å². The molecule has 0 spiro atoms. The molecule has 0 aliphatic rings. The van der Waals surface area contributed by atoms with Crippen LogP contribution < -0.4 is 10.1 Å². The summed E-state index contributed by atoms with van der Waals surface area (Å²) in [5.74, 6) is -1.22. The van der Waals surface area contributed by atoms with Gasteiger partial charge in [0.1, 0.15) is 5.75 Å². The van der Waals surface area contributed by atoms with E-state index in [2.05, 4.69) is 26.0 Å². The number of rotatable bonds is 6. The highest BCUT2D eigenvalue weighted by atomic mass is 79.9. The molecule has 126 valence electrons. The summed E-state index contributed by atoms with van der Waals surface area (Å²) in [7, 11) is 4.12. The zero-order chi connectivity index (χ0) is 17.6. The number of hydrogen-bond donors (Lipinski definition) is 2. The first kappa shape index (κ1) is 18.8. The van der Waals surface area contributed by atoms with Gasteiger partial charge in [0.15, 0.2) is 0 Å². The number of carbonyl (C=O) groups is 3. The van der Waals surface area contributed by atoms with Crippen molar-refractivity contribution in [2.24, 2.45) is 0 Å².